The molecule has 2 aliphatic rings. The van der Waals surface area contributed by atoms with E-state index in [-0.39, 0.29) is 0 Å². The number of fused-ring (bicyclic) bond motifs is 1. The van der Waals surface area contributed by atoms with Gasteiger partial charge >= 0.3 is 0 Å². The van der Waals surface area contributed by atoms with Crippen molar-refractivity contribution in [3.63, 3.8) is 0 Å². The van der Waals surface area contributed by atoms with Crippen molar-refractivity contribution >= 4 is 5.71 Å². The Balaban J connectivity index is 2.14. The van der Waals surface area contributed by atoms with Crippen molar-refractivity contribution in [2.45, 2.75) is 51.4 Å². The molecule has 0 radical (unpaired) electrons. The minimum Gasteiger partial charge on any atom is -0.362 e. The van der Waals surface area contributed by atoms with E-state index in [2.05, 4.69) is 4.79 Å². The number of hydrogen-bond acceptors (Lipinski definition) is 0. The Morgan fingerprint density at radius 3 is 2.62 bits per heavy atom. The molecule has 0 bridgehead atoms. The van der Waals surface area contributed by atoms with Crippen LogP contribution in [0.1, 0.15) is 51.4 Å². The summed E-state index contributed by atoms with van der Waals surface area (Å²) >= 11 is 0. The van der Waals surface area contributed by atoms with Gasteiger partial charge < -0.3 is 5.53 Å². The normalized spacial score (nSPS) is 34.6. The monoisotopic (exact) mass is 178 g/mol. The quantitative estimate of drug-likeness (QED) is 0.404. The fourth-order valence-electron chi connectivity index (χ4n) is 3.02. The van der Waals surface area contributed by atoms with Crippen LogP contribution in [0.25, 0.3) is 5.53 Å². The van der Waals surface area contributed by atoms with E-state index < -0.39 is 0 Å². The van der Waals surface area contributed by atoms with Crippen LogP contribution in [-0.2, 0) is 0 Å². The van der Waals surface area contributed by atoms with E-state index >= 15 is 0 Å². The highest BCUT2D eigenvalue weighted by atomic mass is 14.9. The molecular weight excluding hydrogens is 160 g/mol. The van der Waals surface area contributed by atoms with Crippen LogP contribution in [0.15, 0.2) is 0 Å². The summed E-state index contributed by atoms with van der Waals surface area (Å²) in [5.41, 5.74) is 10.0. The first-order chi connectivity index (χ1) is 6.42. The maximum absolute atomic E-state index is 8.91. The average molecular weight is 178 g/mol. The lowest BCUT2D eigenvalue weighted by Crippen LogP contribution is -2.28. The number of rotatable bonds is 0. The van der Waals surface area contributed by atoms with Gasteiger partial charge in [-0.2, -0.15) is 4.79 Å². The Morgan fingerprint density at radius 1 is 1.00 bits per heavy atom. The van der Waals surface area contributed by atoms with Crippen molar-refractivity contribution in [1.29, 1.82) is 0 Å². The third-order valence-corrected chi connectivity index (χ3v) is 3.72. The van der Waals surface area contributed by atoms with Gasteiger partial charge in [0.15, 0.2) is 0 Å². The molecule has 0 aromatic rings. The zero-order valence-corrected chi connectivity index (χ0v) is 8.21. The van der Waals surface area contributed by atoms with Crippen molar-refractivity contribution in [3.05, 3.63) is 5.53 Å². The van der Waals surface area contributed by atoms with E-state index in [0.29, 0.717) is 5.92 Å². The number of hydrogen-bond donors (Lipinski definition) is 0. The lowest BCUT2D eigenvalue weighted by molar-refractivity contribution is -0.0227. The summed E-state index contributed by atoms with van der Waals surface area (Å²) in [4.78, 5) is 3.49. The van der Waals surface area contributed by atoms with Crippen LogP contribution in [-0.4, -0.2) is 10.5 Å². The van der Waals surface area contributed by atoms with Crippen molar-refractivity contribution in [3.8, 4) is 0 Å². The Hall–Kier alpha value is -0.620. The molecule has 2 saturated carbocycles. The van der Waals surface area contributed by atoms with Crippen LogP contribution in [0.4, 0.5) is 0 Å². The van der Waals surface area contributed by atoms with Gasteiger partial charge in [-0.25, -0.2) is 0 Å². The van der Waals surface area contributed by atoms with E-state index in [1.807, 2.05) is 0 Å². The highest BCUT2D eigenvalue weighted by Crippen LogP contribution is 2.37. The maximum atomic E-state index is 8.91. The van der Waals surface area contributed by atoms with Crippen molar-refractivity contribution < 1.29 is 4.79 Å². The molecule has 0 heterocycles. The van der Waals surface area contributed by atoms with Crippen molar-refractivity contribution in [2.24, 2.45) is 11.8 Å². The molecule has 0 amide bonds. The highest BCUT2D eigenvalue weighted by molar-refractivity contribution is 5.82. The first-order valence-corrected chi connectivity index (χ1v) is 5.62. The first kappa shape index (κ1) is 8.96. The van der Waals surface area contributed by atoms with E-state index in [4.69, 9.17) is 5.53 Å². The fraction of sp³-hybridized carbons (Fsp3) is 0.909. The molecule has 0 saturated heterocycles. The summed E-state index contributed by atoms with van der Waals surface area (Å²) in [5, 5.41) is 0. The second-order valence-corrected chi connectivity index (χ2v) is 4.49. The SMILES string of the molecule is [N-]=[N+]=C1CCCC2CCCCCC12. The summed E-state index contributed by atoms with van der Waals surface area (Å²) < 4.78 is 0. The van der Waals surface area contributed by atoms with Crippen LogP contribution in [0, 0.1) is 11.8 Å². The largest absolute Gasteiger partial charge is 0.362 e. The predicted molar refractivity (Wildman–Crippen MR) is 52.5 cm³/mol. The van der Waals surface area contributed by atoms with Gasteiger partial charge in [0.25, 0.3) is 5.71 Å². The summed E-state index contributed by atoms with van der Waals surface area (Å²) in [5.74, 6) is 1.46. The molecule has 2 rings (SSSR count). The zero-order valence-electron chi connectivity index (χ0n) is 8.21. The molecule has 2 heteroatoms. The van der Waals surface area contributed by atoms with E-state index in [1.165, 1.54) is 44.9 Å². The first-order valence-electron chi connectivity index (χ1n) is 5.62. The second-order valence-electron chi connectivity index (χ2n) is 4.49. The van der Waals surface area contributed by atoms with E-state index in [1.54, 1.807) is 0 Å². The molecule has 0 aliphatic heterocycles. The summed E-state index contributed by atoms with van der Waals surface area (Å²) in [6.45, 7) is 0. The lowest BCUT2D eigenvalue weighted by atomic mass is 9.75. The van der Waals surface area contributed by atoms with Gasteiger partial charge in [-0.05, 0) is 31.6 Å². The lowest BCUT2D eigenvalue weighted by Gasteiger charge is -2.25. The van der Waals surface area contributed by atoms with Crippen LogP contribution in [0.5, 0.6) is 0 Å². The molecule has 0 N–H and O–H groups in total. The average Bonchev–Trinajstić information content (AvgIpc) is 2.41. The van der Waals surface area contributed by atoms with Crippen LogP contribution in [0.3, 0.4) is 0 Å². The summed E-state index contributed by atoms with van der Waals surface area (Å²) in [6.07, 6.45) is 10.4. The summed E-state index contributed by atoms with van der Waals surface area (Å²) in [7, 11) is 0. The van der Waals surface area contributed by atoms with E-state index in [9.17, 15) is 0 Å². The van der Waals surface area contributed by atoms with Crippen LogP contribution < -0.4 is 0 Å². The van der Waals surface area contributed by atoms with Crippen LogP contribution >= 0.6 is 0 Å². The topological polar surface area (TPSA) is 36.4 Å². The highest BCUT2D eigenvalue weighted by Gasteiger charge is 2.35. The molecule has 2 fully saturated rings. The van der Waals surface area contributed by atoms with Crippen molar-refractivity contribution in [1.82, 2.24) is 0 Å². The van der Waals surface area contributed by atoms with Gasteiger partial charge in [0.05, 0.1) is 5.92 Å². The molecule has 0 spiro atoms. The molecule has 2 aliphatic carbocycles. The van der Waals surface area contributed by atoms with Gasteiger partial charge in [0.2, 0.25) is 0 Å². The Bertz CT molecular complexity index is 228. The smallest absolute Gasteiger partial charge is 0.272 e. The zero-order chi connectivity index (χ0) is 9.10. The Kier molecular flexibility index (Phi) is 2.80. The maximum Gasteiger partial charge on any atom is 0.272 e. The molecular formula is C11H18N2. The van der Waals surface area contributed by atoms with Gasteiger partial charge in [-0.15, -0.1) is 0 Å². The van der Waals surface area contributed by atoms with Crippen LogP contribution in [0.2, 0.25) is 0 Å². The van der Waals surface area contributed by atoms with Gasteiger partial charge in [-0.3, -0.25) is 0 Å². The van der Waals surface area contributed by atoms with Gasteiger partial charge in [0.1, 0.15) is 0 Å². The molecule has 0 aromatic carbocycles. The molecule has 2 unspecified atom stereocenters. The molecule has 0 aromatic heterocycles. The minimum atomic E-state index is 0.626. The van der Waals surface area contributed by atoms with E-state index in [0.717, 1.165) is 18.1 Å². The van der Waals surface area contributed by atoms with Gasteiger partial charge in [0, 0.05) is 6.42 Å². The van der Waals surface area contributed by atoms with Gasteiger partial charge in [-0.1, -0.05) is 19.3 Å². The second kappa shape index (κ2) is 4.06. The Morgan fingerprint density at radius 2 is 1.77 bits per heavy atom. The third-order valence-electron chi connectivity index (χ3n) is 3.72. The minimum absolute atomic E-state index is 0.626. The molecule has 2 atom stereocenters. The molecule has 13 heavy (non-hydrogen) atoms. The predicted octanol–water partition coefficient (Wildman–Crippen LogP) is 3.04. The Labute approximate surface area is 80.0 Å². The van der Waals surface area contributed by atoms with Crippen molar-refractivity contribution in [2.75, 3.05) is 0 Å². The standard InChI is InChI=1S/C11H18N2/c12-13-11-8-4-6-9-5-2-1-3-7-10(9)11/h9-10H,1-8H2. The fourth-order valence-corrected chi connectivity index (χ4v) is 3.02. The summed E-state index contributed by atoms with van der Waals surface area (Å²) in [6, 6.07) is 0. The molecule has 72 valence electrons. The number of nitrogens with zero attached hydrogens (tertiary/aromatic N) is 2. The molecule has 2 nitrogen and oxygen atoms in total. The third kappa shape index (κ3) is 1.83.